The zero-order chi connectivity index (χ0) is 30.1. The zero-order valence-electron chi connectivity index (χ0n) is 20.7. The molecular formula is C27H20ClF4N3O6. The van der Waals surface area contributed by atoms with E-state index in [0.717, 1.165) is 0 Å². The first-order chi connectivity index (χ1) is 19.2. The van der Waals surface area contributed by atoms with Crippen LogP contribution in [0.2, 0.25) is 5.02 Å². The lowest BCUT2D eigenvalue weighted by Crippen LogP contribution is -2.49. The van der Waals surface area contributed by atoms with Crippen LogP contribution in [0.25, 0.3) is 0 Å². The van der Waals surface area contributed by atoms with E-state index in [-0.39, 0.29) is 40.9 Å². The van der Waals surface area contributed by atoms with Gasteiger partial charge in [0.25, 0.3) is 17.7 Å². The maximum atomic E-state index is 13.7. The standard InChI is InChI=1S/C27H20ClF4N3O6/c28-20-9-14(22(37)33-12-13-2-1-3-18(36)6-13)4-5-19(20)24(39)35-26(25(40)41)11-21(26)34-23(38)15-7-16(27(30,31)32)10-17(29)8-15/h1-10,21,36H,11-12H2,(H,33,37)(H,34,38)(H,35,39)(H,40,41)/t21-,26?/m1/s1. The summed E-state index contributed by atoms with van der Waals surface area (Å²) in [7, 11) is 0. The van der Waals surface area contributed by atoms with Crippen molar-refractivity contribution < 1.29 is 47.0 Å². The van der Waals surface area contributed by atoms with Gasteiger partial charge in [0.2, 0.25) is 0 Å². The molecule has 3 aromatic rings. The number of halogens is 5. The Morgan fingerprint density at radius 3 is 2.32 bits per heavy atom. The van der Waals surface area contributed by atoms with Gasteiger partial charge in [-0.3, -0.25) is 14.4 Å². The molecule has 0 aromatic heterocycles. The quantitative estimate of drug-likeness (QED) is 0.251. The van der Waals surface area contributed by atoms with Gasteiger partial charge in [-0.2, -0.15) is 13.2 Å². The molecule has 0 bridgehead atoms. The number of phenols is 1. The number of aromatic hydroxyl groups is 1. The number of rotatable bonds is 8. The minimum atomic E-state index is -4.92. The van der Waals surface area contributed by atoms with Gasteiger partial charge in [-0.1, -0.05) is 23.7 Å². The van der Waals surface area contributed by atoms with Gasteiger partial charge in [-0.05, 0) is 54.1 Å². The molecule has 5 N–H and O–H groups in total. The van der Waals surface area contributed by atoms with Crippen LogP contribution in [0.1, 0.15) is 48.6 Å². The van der Waals surface area contributed by atoms with Crippen molar-refractivity contribution in [3.05, 3.63) is 99.3 Å². The Labute approximate surface area is 234 Å². The van der Waals surface area contributed by atoms with Crippen LogP contribution in [0.5, 0.6) is 5.75 Å². The van der Waals surface area contributed by atoms with Gasteiger partial charge in [-0.25, -0.2) is 9.18 Å². The number of hydrogen-bond acceptors (Lipinski definition) is 5. The molecule has 2 atom stereocenters. The number of nitrogens with one attached hydrogen (secondary N) is 3. The Balaban J connectivity index is 1.42. The second kappa shape index (κ2) is 11.1. The van der Waals surface area contributed by atoms with E-state index in [1.165, 1.54) is 30.3 Å². The van der Waals surface area contributed by atoms with E-state index >= 15 is 0 Å². The van der Waals surface area contributed by atoms with Crippen molar-refractivity contribution in [2.45, 2.75) is 30.7 Å². The third-order valence-corrected chi connectivity index (χ3v) is 6.62. The van der Waals surface area contributed by atoms with Gasteiger partial charge in [0.15, 0.2) is 5.54 Å². The third kappa shape index (κ3) is 6.57. The number of carbonyl (C=O) groups excluding carboxylic acids is 3. The number of phenolic OH excluding ortho intramolecular Hbond substituents is 1. The maximum absolute atomic E-state index is 13.7. The van der Waals surface area contributed by atoms with Gasteiger partial charge in [0, 0.05) is 24.1 Å². The molecule has 41 heavy (non-hydrogen) atoms. The summed E-state index contributed by atoms with van der Waals surface area (Å²) in [5, 5.41) is 26.1. The molecule has 0 spiro atoms. The molecule has 214 valence electrons. The van der Waals surface area contributed by atoms with Crippen molar-refractivity contribution >= 4 is 35.3 Å². The monoisotopic (exact) mass is 593 g/mol. The molecular weight excluding hydrogens is 574 g/mol. The Kier molecular flexibility index (Phi) is 7.93. The highest BCUT2D eigenvalue weighted by molar-refractivity contribution is 6.34. The number of alkyl halides is 3. The molecule has 9 nitrogen and oxygen atoms in total. The van der Waals surface area contributed by atoms with Crippen LogP contribution in [0, 0.1) is 5.82 Å². The number of benzene rings is 3. The second-order valence-electron chi connectivity index (χ2n) is 9.23. The lowest BCUT2D eigenvalue weighted by Gasteiger charge is -2.17. The van der Waals surface area contributed by atoms with Crippen LogP contribution < -0.4 is 16.0 Å². The number of aliphatic carboxylic acids is 1. The molecule has 1 unspecified atom stereocenters. The number of carboxylic acids is 1. The number of carboxylic acid groups (broad SMARTS) is 1. The molecule has 0 saturated heterocycles. The van der Waals surface area contributed by atoms with E-state index in [0.29, 0.717) is 17.7 Å². The molecule has 3 aromatic carbocycles. The smallest absolute Gasteiger partial charge is 0.416 e. The molecule has 3 amide bonds. The van der Waals surface area contributed by atoms with E-state index < -0.39 is 58.4 Å². The normalized spacial score (nSPS) is 17.8. The largest absolute Gasteiger partial charge is 0.508 e. The average Bonchev–Trinajstić information content (AvgIpc) is 3.59. The molecule has 0 heterocycles. The summed E-state index contributed by atoms with van der Waals surface area (Å²) in [5.74, 6) is -5.49. The molecule has 1 saturated carbocycles. The van der Waals surface area contributed by atoms with E-state index in [1.807, 2.05) is 0 Å². The fourth-order valence-electron chi connectivity index (χ4n) is 4.05. The van der Waals surface area contributed by atoms with Crippen LogP contribution in [0.3, 0.4) is 0 Å². The summed E-state index contributed by atoms with van der Waals surface area (Å²) in [5.41, 5.74) is -3.56. The van der Waals surface area contributed by atoms with Gasteiger partial charge >= 0.3 is 12.1 Å². The summed E-state index contributed by atoms with van der Waals surface area (Å²) >= 11 is 6.18. The summed E-state index contributed by atoms with van der Waals surface area (Å²) < 4.78 is 52.6. The SMILES string of the molecule is O=C(NCc1cccc(O)c1)c1ccc(C(=O)NC2(C(=O)O)C[C@H]2NC(=O)c2cc(F)cc(C(F)(F)F)c2)c(Cl)c1. The Morgan fingerprint density at radius 2 is 1.68 bits per heavy atom. The minimum Gasteiger partial charge on any atom is -0.508 e. The Morgan fingerprint density at radius 1 is 0.951 bits per heavy atom. The topological polar surface area (TPSA) is 145 Å². The van der Waals surface area contributed by atoms with Crippen molar-refractivity contribution in [2.24, 2.45) is 0 Å². The van der Waals surface area contributed by atoms with E-state index in [2.05, 4.69) is 16.0 Å². The van der Waals surface area contributed by atoms with Crippen LogP contribution in [0.4, 0.5) is 17.6 Å². The van der Waals surface area contributed by atoms with Gasteiger partial charge < -0.3 is 26.2 Å². The van der Waals surface area contributed by atoms with Gasteiger partial charge in [0.1, 0.15) is 11.6 Å². The highest BCUT2D eigenvalue weighted by Gasteiger charge is 2.63. The number of hydrogen-bond donors (Lipinski definition) is 5. The van der Waals surface area contributed by atoms with Crippen LogP contribution >= 0.6 is 11.6 Å². The fourth-order valence-corrected chi connectivity index (χ4v) is 4.32. The molecule has 1 fully saturated rings. The van der Waals surface area contributed by atoms with Crippen molar-refractivity contribution in [3.63, 3.8) is 0 Å². The van der Waals surface area contributed by atoms with Gasteiger partial charge in [-0.15, -0.1) is 0 Å². The summed E-state index contributed by atoms with van der Waals surface area (Å²) in [4.78, 5) is 49.8. The van der Waals surface area contributed by atoms with Crippen LogP contribution in [0.15, 0.2) is 60.7 Å². The molecule has 1 aliphatic rings. The number of amides is 3. The second-order valence-corrected chi connectivity index (χ2v) is 9.64. The van der Waals surface area contributed by atoms with E-state index in [9.17, 15) is 47.0 Å². The average molecular weight is 594 g/mol. The zero-order valence-corrected chi connectivity index (χ0v) is 21.4. The van der Waals surface area contributed by atoms with Crippen molar-refractivity contribution in [2.75, 3.05) is 0 Å². The maximum Gasteiger partial charge on any atom is 0.416 e. The van der Waals surface area contributed by atoms with Crippen LogP contribution in [-0.2, 0) is 17.5 Å². The van der Waals surface area contributed by atoms with Gasteiger partial charge in [0.05, 0.1) is 22.2 Å². The third-order valence-electron chi connectivity index (χ3n) is 6.31. The highest BCUT2D eigenvalue weighted by atomic mass is 35.5. The van der Waals surface area contributed by atoms with Crippen molar-refractivity contribution in [1.82, 2.24) is 16.0 Å². The number of carbonyl (C=O) groups is 4. The fraction of sp³-hybridized carbons (Fsp3) is 0.185. The first-order valence-corrected chi connectivity index (χ1v) is 12.2. The molecule has 0 radical (unpaired) electrons. The molecule has 14 heteroatoms. The Bertz CT molecular complexity index is 1560. The van der Waals surface area contributed by atoms with Crippen molar-refractivity contribution in [1.29, 1.82) is 0 Å². The molecule has 4 rings (SSSR count). The first-order valence-electron chi connectivity index (χ1n) is 11.8. The molecule has 0 aliphatic heterocycles. The van der Waals surface area contributed by atoms with Crippen molar-refractivity contribution in [3.8, 4) is 5.75 Å². The van der Waals surface area contributed by atoms with E-state index in [1.54, 1.807) is 12.1 Å². The lowest BCUT2D eigenvalue weighted by molar-refractivity contribution is -0.140. The lowest BCUT2D eigenvalue weighted by atomic mass is 10.1. The summed E-state index contributed by atoms with van der Waals surface area (Å²) in [6, 6.07) is 9.85. The first kappa shape index (κ1) is 29.3. The van der Waals surface area contributed by atoms with Crippen LogP contribution in [-0.4, -0.2) is 45.5 Å². The van der Waals surface area contributed by atoms with E-state index in [4.69, 9.17) is 11.6 Å². The summed E-state index contributed by atoms with van der Waals surface area (Å²) in [6.07, 6.45) is -5.23. The molecule has 1 aliphatic carbocycles. The summed E-state index contributed by atoms with van der Waals surface area (Å²) in [6.45, 7) is 0.0917. The highest BCUT2D eigenvalue weighted by Crippen LogP contribution is 2.38. The Hall–Kier alpha value is -4.65. The predicted octanol–water partition coefficient (Wildman–Crippen LogP) is 3.89. The predicted molar refractivity (Wildman–Crippen MR) is 136 cm³/mol. The minimum absolute atomic E-state index is 0.0244.